The standard InChI is InChI=1S/C12H11ClFP/c13-15(10-6-2-1-3-7-10)12-9-5-4-8-11(12)14/h1-6,8-10H,7H2. The van der Waals surface area contributed by atoms with Crippen LogP contribution in [-0.4, -0.2) is 5.66 Å². The molecule has 0 fully saturated rings. The molecular formula is C12H11ClFP. The molecule has 1 aromatic carbocycles. The zero-order valence-electron chi connectivity index (χ0n) is 8.11. The lowest BCUT2D eigenvalue weighted by Crippen LogP contribution is -2.12. The average Bonchev–Trinajstić information content (AvgIpc) is 2.30. The molecule has 0 radical (unpaired) electrons. The van der Waals surface area contributed by atoms with Crippen LogP contribution in [0, 0.1) is 5.82 Å². The van der Waals surface area contributed by atoms with Crippen molar-refractivity contribution in [1.29, 1.82) is 0 Å². The van der Waals surface area contributed by atoms with Gasteiger partial charge in [0, 0.05) is 18.2 Å². The number of halogens is 2. The molecule has 1 aliphatic carbocycles. The third kappa shape index (κ3) is 2.48. The minimum Gasteiger partial charge on any atom is -0.206 e. The molecule has 0 nitrogen and oxygen atoms in total. The fourth-order valence-electron chi connectivity index (χ4n) is 1.54. The second-order valence-electron chi connectivity index (χ2n) is 3.38. The molecule has 1 aromatic rings. The van der Waals surface area contributed by atoms with Gasteiger partial charge in [0.1, 0.15) is 5.82 Å². The molecule has 0 aliphatic heterocycles. The van der Waals surface area contributed by atoms with Gasteiger partial charge in [-0.3, -0.25) is 0 Å². The smallest absolute Gasteiger partial charge is 0.132 e. The quantitative estimate of drug-likeness (QED) is 0.686. The molecule has 2 unspecified atom stereocenters. The van der Waals surface area contributed by atoms with Crippen molar-refractivity contribution in [2.45, 2.75) is 12.1 Å². The second kappa shape index (κ2) is 4.92. The van der Waals surface area contributed by atoms with E-state index in [4.69, 9.17) is 11.2 Å². The molecule has 2 atom stereocenters. The van der Waals surface area contributed by atoms with Crippen LogP contribution in [0.5, 0.6) is 0 Å². The van der Waals surface area contributed by atoms with Crippen molar-refractivity contribution in [2.75, 3.05) is 0 Å². The van der Waals surface area contributed by atoms with Crippen LogP contribution in [0.25, 0.3) is 0 Å². The predicted octanol–water partition coefficient (Wildman–Crippen LogP) is 3.97. The minimum atomic E-state index is -0.956. The summed E-state index contributed by atoms with van der Waals surface area (Å²) in [4.78, 5) is 0. The molecule has 0 bridgehead atoms. The molecule has 0 aromatic heterocycles. The lowest BCUT2D eigenvalue weighted by Gasteiger charge is -2.19. The summed E-state index contributed by atoms with van der Waals surface area (Å²) in [5, 5.41) is 0.652. The average molecular weight is 241 g/mol. The molecule has 0 heterocycles. The maximum Gasteiger partial charge on any atom is 0.132 e. The van der Waals surface area contributed by atoms with Gasteiger partial charge in [0.05, 0.1) is 0 Å². The summed E-state index contributed by atoms with van der Waals surface area (Å²) >= 11 is 6.33. The van der Waals surface area contributed by atoms with Gasteiger partial charge >= 0.3 is 0 Å². The molecule has 0 N–H and O–H groups in total. The minimum absolute atomic E-state index is 0.193. The van der Waals surface area contributed by atoms with Crippen LogP contribution in [0.2, 0.25) is 0 Å². The van der Waals surface area contributed by atoms with Crippen LogP contribution >= 0.6 is 18.5 Å². The van der Waals surface area contributed by atoms with Gasteiger partial charge < -0.3 is 0 Å². The van der Waals surface area contributed by atoms with Gasteiger partial charge in [-0.25, -0.2) is 4.39 Å². The Kier molecular flexibility index (Phi) is 3.56. The van der Waals surface area contributed by atoms with Crippen molar-refractivity contribution in [3.8, 4) is 0 Å². The highest BCUT2D eigenvalue weighted by Crippen LogP contribution is 2.48. The van der Waals surface area contributed by atoms with E-state index in [2.05, 4.69) is 12.2 Å². The third-order valence-corrected chi connectivity index (χ3v) is 5.42. The Balaban J connectivity index is 2.21. The van der Waals surface area contributed by atoms with Gasteiger partial charge in [0.25, 0.3) is 0 Å². The van der Waals surface area contributed by atoms with Gasteiger partial charge in [-0.15, -0.1) is 0 Å². The van der Waals surface area contributed by atoms with Gasteiger partial charge in [-0.1, -0.05) is 53.7 Å². The first-order chi connectivity index (χ1) is 7.29. The zero-order chi connectivity index (χ0) is 10.7. The maximum absolute atomic E-state index is 13.5. The summed E-state index contributed by atoms with van der Waals surface area (Å²) in [5.74, 6) is -0.193. The normalized spacial score (nSPS) is 21.6. The van der Waals surface area contributed by atoms with Crippen molar-refractivity contribution in [3.05, 3.63) is 54.4 Å². The van der Waals surface area contributed by atoms with E-state index in [1.807, 2.05) is 18.2 Å². The Morgan fingerprint density at radius 1 is 1.27 bits per heavy atom. The first kappa shape index (κ1) is 10.9. The van der Waals surface area contributed by atoms with Crippen LogP contribution in [0.4, 0.5) is 4.39 Å². The summed E-state index contributed by atoms with van der Waals surface area (Å²) < 4.78 is 13.5. The predicted molar refractivity (Wildman–Crippen MR) is 65.5 cm³/mol. The first-order valence-corrected chi connectivity index (χ1v) is 7.13. The highest BCUT2D eigenvalue weighted by atomic mass is 35.7. The molecule has 0 spiro atoms. The van der Waals surface area contributed by atoms with Gasteiger partial charge in [-0.2, -0.15) is 0 Å². The summed E-state index contributed by atoms with van der Waals surface area (Å²) in [7, 11) is -0.956. The number of benzene rings is 1. The monoisotopic (exact) mass is 240 g/mol. The van der Waals surface area contributed by atoms with E-state index >= 15 is 0 Å². The van der Waals surface area contributed by atoms with E-state index < -0.39 is 7.27 Å². The van der Waals surface area contributed by atoms with E-state index in [0.29, 0.717) is 5.30 Å². The molecule has 15 heavy (non-hydrogen) atoms. The van der Waals surface area contributed by atoms with Crippen LogP contribution < -0.4 is 5.30 Å². The Hall–Kier alpha value is -0.650. The van der Waals surface area contributed by atoms with E-state index in [0.717, 1.165) is 6.42 Å². The summed E-state index contributed by atoms with van der Waals surface area (Å²) in [6, 6.07) is 6.77. The van der Waals surface area contributed by atoms with Crippen LogP contribution in [0.15, 0.2) is 48.6 Å². The molecule has 1 aliphatic rings. The Bertz CT molecular complexity index is 400. The molecule has 0 amide bonds. The first-order valence-electron chi connectivity index (χ1n) is 4.82. The molecule has 0 saturated heterocycles. The number of allylic oxidation sites excluding steroid dienone is 4. The number of rotatable bonds is 2. The van der Waals surface area contributed by atoms with E-state index in [-0.39, 0.29) is 11.5 Å². The fourth-order valence-corrected chi connectivity index (χ4v) is 3.81. The Morgan fingerprint density at radius 3 is 2.73 bits per heavy atom. The number of hydrogen-bond donors (Lipinski definition) is 0. The molecule has 78 valence electrons. The van der Waals surface area contributed by atoms with Crippen molar-refractivity contribution >= 4 is 23.8 Å². The van der Waals surface area contributed by atoms with Crippen molar-refractivity contribution in [2.24, 2.45) is 0 Å². The maximum atomic E-state index is 13.5. The van der Waals surface area contributed by atoms with Crippen molar-refractivity contribution < 1.29 is 4.39 Å². The van der Waals surface area contributed by atoms with Gasteiger partial charge in [-0.05, 0) is 12.5 Å². The van der Waals surface area contributed by atoms with Crippen LogP contribution in [0.3, 0.4) is 0 Å². The lowest BCUT2D eigenvalue weighted by atomic mass is 10.2. The SMILES string of the molecule is Fc1ccccc1P(Cl)C1C=CC=CC1. The van der Waals surface area contributed by atoms with Crippen LogP contribution in [-0.2, 0) is 0 Å². The topological polar surface area (TPSA) is 0 Å². The van der Waals surface area contributed by atoms with Gasteiger partial charge in [0.2, 0.25) is 0 Å². The Morgan fingerprint density at radius 2 is 2.07 bits per heavy atom. The molecule has 0 saturated carbocycles. The zero-order valence-corrected chi connectivity index (χ0v) is 9.76. The molecular weight excluding hydrogens is 230 g/mol. The lowest BCUT2D eigenvalue weighted by molar-refractivity contribution is 0.636. The van der Waals surface area contributed by atoms with E-state index in [9.17, 15) is 4.39 Å². The summed E-state index contributed by atoms with van der Waals surface area (Å²) in [6.07, 6.45) is 9.01. The summed E-state index contributed by atoms with van der Waals surface area (Å²) in [6.45, 7) is 0. The fraction of sp³-hybridized carbons (Fsp3) is 0.167. The van der Waals surface area contributed by atoms with Gasteiger partial charge in [0.15, 0.2) is 0 Å². The highest BCUT2D eigenvalue weighted by molar-refractivity contribution is 7.90. The van der Waals surface area contributed by atoms with Crippen molar-refractivity contribution in [1.82, 2.24) is 0 Å². The van der Waals surface area contributed by atoms with Crippen molar-refractivity contribution in [3.63, 3.8) is 0 Å². The second-order valence-corrected chi connectivity index (χ2v) is 6.24. The highest BCUT2D eigenvalue weighted by Gasteiger charge is 2.21. The number of hydrogen-bond acceptors (Lipinski definition) is 0. The largest absolute Gasteiger partial charge is 0.206 e. The molecule has 2 rings (SSSR count). The van der Waals surface area contributed by atoms with Crippen LogP contribution in [0.1, 0.15) is 6.42 Å². The van der Waals surface area contributed by atoms with E-state index in [1.165, 1.54) is 6.07 Å². The van der Waals surface area contributed by atoms with E-state index in [1.54, 1.807) is 12.1 Å². The molecule has 3 heteroatoms. The summed E-state index contributed by atoms with van der Waals surface area (Å²) in [5.41, 5.74) is 0.253. The third-order valence-electron chi connectivity index (χ3n) is 2.33. The Labute approximate surface area is 95.0 Å².